The average molecular weight is 390 g/mol. The highest BCUT2D eigenvalue weighted by molar-refractivity contribution is 5.93. The summed E-state index contributed by atoms with van der Waals surface area (Å²) in [5.74, 6) is 1.20. The number of rotatable bonds is 4. The number of aromatic nitrogens is 2. The Bertz CT molecular complexity index is 697. The van der Waals surface area contributed by atoms with Gasteiger partial charge in [-0.1, -0.05) is 0 Å². The molecule has 28 heavy (non-hydrogen) atoms. The molecule has 2 aliphatic rings. The van der Waals surface area contributed by atoms with Crippen molar-refractivity contribution < 1.29 is 14.3 Å². The fraction of sp³-hybridized carbons (Fsp3) is 0.684. The second-order valence-corrected chi connectivity index (χ2v) is 7.39. The van der Waals surface area contributed by atoms with Crippen LogP contribution in [-0.2, 0) is 4.74 Å². The van der Waals surface area contributed by atoms with Crippen molar-refractivity contribution in [2.75, 3.05) is 58.2 Å². The number of piperazine rings is 1. The van der Waals surface area contributed by atoms with Gasteiger partial charge in [0.15, 0.2) is 0 Å². The van der Waals surface area contributed by atoms with Crippen LogP contribution >= 0.6 is 0 Å². The van der Waals surface area contributed by atoms with Crippen LogP contribution in [0.3, 0.4) is 0 Å². The third-order valence-electron chi connectivity index (χ3n) is 5.22. The Labute approximate surface area is 166 Å². The van der Waals surface area contributed by atoms with E-state index in [9.17, 15) is 9.59 Å². The van der Waals surface area contributed by atoms with Crippen LogP contribution in [0.15, 0.2) is 6.07 Å². The predicted molar refractivity (Wildman–Crippen MR) is 105 cm³/mol. The standard InChI is InChI=1S/C19H30N6O3/c1-4-28-19(27)25-7-5-15(6-8-25)22-17-13-16(20-14(2)21-17)18(26)24-11-9-23(3)10-12-24/h13,15H,4-12H2,1-3H3,(H,20,21,22). The van der Waals surface area contributed by atoms with Crippen LogP contribution in [0.1, 0.15) is 36.1 Å². The van der Waals surface area contributed by atoms with E-state index in [2.05, 4.69) is 27.2 Å². The van der Waals surface area contributed by atoms with Crippen molar-refractivity contribution >= 4 is 17.8 Å². The van der Waals surface area contributed by atoms with E-state index in [4.69, 9.17) is 4.74 Å². The molecule has 0 aliphatic carbocycles. The van der Waals surface area contributed by atoms with Crippen molar-refractivity contribution in [3.63, 3.8) is 0 Å². The van der Waals surface area contributed by atoms with Gasteiger partial charge in [-0.3, -0.25) is 4.79 Å². The smallest absolute Gasteiger partial charge is 0.409 e. The zero-order chi connectivity index (χ0) is 20.1. The first-order valence-electron chi connectivity index (χ1n) is 9.98. The lowest BCUT2D eigenvalue weighted by molar-refractivity contribution is 0.0657. The van der Waals surface area contributed by atoms with Gasteiger partial charge >= 0.3 is 6.09 Å². The van der Waals surface area contributed by atoms with Gasteiger partial charge < -0.3 is 24.8 Å². The van der Waals surface area contributed by atoms with Gasteiger partial charge in [-0.25, -0.2) is 14.8 Å². The third kappa shape index (κ3) is 5.09. The summed E-state index contributed by atoms with van der Waals surface area (Å²) in [4.78, 5) is 39.2. The number of piperidine rings is 1. The van der Waals surface area contributed by atoms with Gasteiger partial charge in [-0.15, -0.1) is 0 Å². The Balaban J connectivity index is 1.59. The van der Waals surface area contributed by atoms with Gasteiger partial charge in [0.05, 0.1) is 6.61 Å². The second kappa shape index (κ2) is 9.18. The number of carbonyl (C=O) groups is 2. The summed E-state index contributed by atoms with van der Waals surface area (Å²) in [5, 5.41) is 3.41. The van der Waals surface area contributed by atoms with E-state index in [1.807, 2.05) is 11.8 Å². The molecule has 1 aromatic heterocycles. The number of carbonyl (C=O) groups excluding carboxylic acids is 2. The average Bonchev–Trinajstić information content (AvgIpc) is 2.68. The third-order valence-corrected chi connectivity index (χ3v) is 5.22. The first-order valence-corrected chi connectivity index (χ1v) is 9.98. The fourth-order valence-electron chi connectivity index (χ4n) is 3.55. The SMILES string of the molecule is CCOC(=O)N1CCC(Nc2cc(C(=O)N3CCN(C)CC3)nc(C)n2)CC1. The predicted octanol–water partition coefficient (Wildman–Crippen LogP) is 1.21. The quantitative estimate of drug-likeness (QED) is 0.826. The molecular weight excluding hydrogens is 360 g/mol. The Morgan fingerprint density at radius 2 is 1.79 bits per heavy atom. The molecule has 1 aromatic rings. The Morgan fingerprint density at radius 3 is 2.43 bits per heavy atom. The van der Waals surface area contributed by atoms with Crippen LogP contribution in [-0.4, -0.2) is 95.6 Å². The van der Waals surface area contributed by atoms with E-state index < -0.39 is 0 Å². The molecule has 2 amide bonds. The molecular formula is C19H30N6O3. The van der Waals surface area contributed by atoms with Crippen LogP contribution < -0.4 is 5.32 Å². The fourth-order valence-corrected chi connectivity index (χ4v) is 3.55. The molecule has 0 radical (unpaired) electrons. The molecule has 3 heterocycles. The lowest BCUT2D eigenvalue weighted by Gasteiger charge is -2.32. The summed E-state index contributed by atoms with van der Waals surface area (Å²) in [6.45, 7) is 8.48. The maximum Gasteiger partial charge on any atom is 0.409 e. The highest BCUT2D eigenvalue weighted by atomic mass is 16.6. The highest BCUT2D eigenvalue weighted by Gasteiger charge is 2.25. The molecule has 2 saturated heterocycles. The molecule has 3 rings (SSSR count). The maximum absolute atomic E-state index is 12.8. The van der Waals surface area contributed by atoms with Crippen LogP contribution in [0.4, 0.5) is 10.6 Å². The van der Waals surface area contributed by atoms with Gasteiger partial charge in [0.25, 0.3) is 5.91 Å². The van der Waals surface area contributed by atoms with Crippen molar-refractivity contribution in [2.45, 2.75) is 32.7 Å². The van der Waals surface area contributed by atoms with Crippen LogP contribution in [0, 0.1) is 6.92 Å². The van der Waals surface area contributed by atoms with Crippen molar-refractivity contribution in [3.05, 3.63) is 17.6 Å². The normalized spacial score (nSPS) is 18.8. The summed E-state index contributed by atoms with van der Waals surface area (Å²) in [5.41, 5.74) is 0.434. The molecule has 0 atom stereocenters. The van der Waals surface area contributed by atoms with E-state index in [1.54, 1.807) is 17.9 Å². The molecule has 9 nitrogen and oxygen atoms in total. The summed E-state index contributed by atoms with van der Waals surface area (Å²) in [6.07, 6.45) is 1.37. The summed E-state index contributed by atoms with van der Waals surface area (Å²) >= 11 is 0. The number of likely N-dealkylation sites (tertiary alicyclic amines) is 1. The summed E-state index contributed by atoms with van der Waals surface area (Å²) in [7, 11) is 2.06. The summed E-state index contributed by atoms with van der Waals surface area (Å²) in [6, 6.07) is 1.94. The minimum Gasteiger partial charge on any atom is -0.450 e. The van der Waals surface area contributed by atoms with E-state index in [0.717, 1.165) is 25.9 Å². The molecule has 2 aliphatic heterocycles. The second-order valence-electron chi connectivity index (χ2n) is 7.39. The van der Waals surface area contributed by atoms with E-state index in [1.165, 1.54) is 0 Å². The zero-order valence-electron chi connectivity index (χ0n) is 17.0. The van der Waals surface area contributed by atoms with Crippen molar-refractivity contribution in [1.82, 2.24) is 24.7 Å². The maximum atomic E-state index is 12.8. The highest BCUT2D eigenvalue weighted by Crippen LogP contribution is 2.18. The van der Waals surface area contributed by atoms with Crippen molar-refractivity contribution in [2.24, 2.45) is 0 Å². The molecule has 0 unspecified atom stereocenters. The van der Waals surface area contributed by atoms with Crippen molar-refractivity contribution in [1.29, 1.82) is 0 Å². The molecule has 0 saturated carbocycles. The molecule has 0 spiro atoms. The number of hydrogen-bond donors (Lipinski definition) is 1. The minimum absolute atomic E-state index is 0.0428. The van der Waals surface area contributed by atoms with Crippen LogP contribution in [0.25, 0.3) is 0 Å². The monoisotopic (exact) mass is 390 g/mol. The van der Waals surface area contributed by atoms with Gasteiger partial charge in [-0.2, -0.15) is 0 Å². The van der Waals surface area contributed by atoms with Gasteiger partial charge in [0.1, 0.15) is 17.3 Å². The van der Waals surface area contributed by atoms with Gasteiger partial charge in [-0.05, 0) is 33.7 Å². The van der Waals surface area contributed by atoms with E-state index in [-0.39, 0.29) is 18.0 Å². The number of anilines is 1. The van der Waals surface area contributed by atoms with Crippen molar-refractivity contribution in [3.8, 4) is 0 Å². The van der Waals surface area contributed by atoms with E-state index >= 15 is 0 Å². The number of amides is 2. The Kier molecular flexibility index (Phi) is 6.66. The minimum atomic E-state index is -0.251. The molecule has 1 N–H and O–H groups in total. The largest absolute Gasteiger partial charge is 0.450 e. The van der Waals surface area contributed by atoms with Gasteiger partial charge in [0.2, 0.25) is 0 Å². The molecule has 9 heteroatoms. The first kappa shape index (κ1) is 20.3. The molecule has 154 valence electrons. The topological polar surface area (TPSA) is 90.9 Å². The lowest BCUT2D eigenvalue weighted by atomic mass is 10.1. The number of ether oxygens (including phenoxy) is 1. The molecule has 0 bridgehead atoms. The van der Waals surface area contributed by atoms with Crippen LogP contribution in [0.5, 0.6) is 0 Å². The van der Waals surface area contributed by atoms with Gasteiger partial charge in [0, 0.05) is 51.4 Å². The molecule has 2 fully saturated rings. The lowest BCUT2D eigenvalue weighted by Crippen LogP contribution is -2.47. The number of likely N-dealkylation sites (N-methyl/N-ethyl adjacent to an activating group) is 1. The Morgan fingerprint density at radius 1 is 1.11 bits per heavy atom. The Hall–Kier alpha value is -2.42. The number of nitrogens with zero attached hydrogens (tertiary/aromatic N) is 5. The summed E-state index contributed by atoms with van der Waals surface area (Å²) < 4.78 is 5.06. The molecule has 0 aromatic carbocycles. The number of nitrogens with one attached hydrogen (secondary N) is 1. The first-order chi connectivity index (χ1) is 13.5. The van der Waals surface area contributed by atoms with Crippen LogP contribution in [0.2, 0.25) is 0 Å². The van der Waals surface area contributed by atoms with E-state index in [0.29, 0.717) is 50.1 Å². The number of aryl methyl sites for hydroxylation is 1. The number of hydrogen-bond acceptors (Lipinski definition) is 7. The zero-order valence-corrected chi connectivity index (χ0v) is 17.0.